The summed E-state index contributed by atoms with van der Waals surface area (Å²) in [6, 6.07) is 0. The van der Waals surface area contributed by atoms with E-state index < -0.39 is 5.97 Å². The van der Waals surface area contributed by atoms with Gasteiger partial charge in [0, 0.05) is 18.8 Å². The van der Waals surface area contributed by atoms with Gasteiger partial charge in [0.25, 0.3) is 0 Å². The number of ether oxygens (including phenoxy) is 1. The molecule has 16 heavy (non-hydrogen) atoms. The summed E-state index contributed by atoms with van der Waals surface area (Å²) in [5.41, 5.74) is -0.195. The lowest BCUT2D eigenvalue weighted by molar-refractivity contribution is -0.133. The third-order valence-corrected chi connectivity index (χ3v) is 3.41. The molecule has 1 amide bonds. The lowest BCUT2D eigenvalue weighted by Gasteiger charge is -2.34. The van der Waals surface area contributed by atoms with Crippen molar-refractivity contribution in [1.29, 1.82) is 0 Å². The van der Waals surface area contributed by atoms with E-state index >= 15 is 0 Å². The minimum Gasteiger partial charge on any atom is -0.481 e. The SMILES string of the molecule is CC1(NC(=O)CSCC(=O)O)CCOCC1. The minimum atomic E-state index is -0.893. The lowest BCUT2D eigenvalue weighted by atomic mass is 9.92. The van der Waals surface area contributed by atoms with Crippen molar-refractivity contribution in [2.24, 2.45) is 0 Å². The molecular weight excluding hydrogens is 230 g/mol. The number of carbonyl (C=O) groups is 2. The van der Waals surface area contributed by atoms with Crippen molar-refractivity contribution in [3.05, 3.63) is 0 Å². The lowest BCUT2D eigenvalue weighted by Crippen LogP contribution is -2.50. The van der Waals surface area contributed by atoms with E-state index in [1.807, 2.05) is 6.92 Å². The smallest absolute Gasteiger partial charge is 0.313 e. The predicted molar refractivity (Wildman–Crippen MR) is 61.6 cm³/mol. The maximum Gasteiger partial charge on any atom is 0.313 e. The van der Waals surface area contributed by atoms with Crippen LogP contribution in [0.4, 0.5) is 0 Å². The van der Waals surface area contributed by atoms with Gasteiger partial charge in [-0.25, -0.2) is 0 Å². The maximum absolute atomic E-state index is 11.5. The molecule has 1 heterocycles. The number of nitrogens with one attached hydrogen (secondary N) is 1. The Bertz CT molecular complexity index is 264. The second-order valence-corrected chi connectivity index (χ2v) is 5.09. The Kier molecular flexibility index (Phi) is 5.08. The largest absolute Gasteiger partial charge is 0.481 e. The van der Waals surface area contributed by atoms with Crippen LogP contribution in [-0.2, 0) is 14.3 Å². The van der Waals surface area contributed by atoms with Crippen LogP contribution in [0.1, 0.15) is 19.8 Å². The van der Waals surface area contributed by atoms with E-state index in [-0.39, 0.29) is 23.0 Å². The zero-order valence-corrected chi connectivity index (χ0v) is 10.1. The molecule has 1 fully saturated rings. The van der Waals surface area contributed by atoms with Crippen LogP contribution < -0.4 is 5.32 Å². The Hall–Kier alpha value is -0.750. The highest BCUT2D eigenvalue weighted by molar-refractivity contribution is 8.00. The Morgan fingerprint density at radius 1 is 1.38 bits per heavy atom. The molecule has 1 aliphatic heterocycles. The van der Waals surface area contributed by atoms with Gasteiger partial charge in [0.05, 0.1) is 11.5 Å². The highest BCUT2D eigenvalue weighted by Gasteiger charge is 2.28. The molecule has 1 aliphatic rings. The van der Waals surface area contributed by atoms with E-state index in [1.165, 1.54) is 0 Å². The molecule has 0 aromatic rings. The molecule has 92 valence electrons. The Labute approximate surface area is 98.9 Å². The standard InChI is InChI=1S/C10H17NO4S/c1-10(2-4-15-5-3-10)11-8(12)6-16-7-9(13)14/h2-7H2,1H3,(H,11,12)(H,13,14). The van der Waals surface area contributed by atoms with Crippen LogP contribution in [0.2, 0.25) is 0 Å². The first kappa shape index (κ1) is 13.3. The van der Waals surface area contributed by atoms with Gasteiger partial charge in [-0.2, -0.15) is 0 Å². The first-order valence-corrected chi connectivity index (χ1v) is 6.36. The molecule has 1 rings (SSSR count). The van der Waals surface area contributed by atoms with Crippen molar-refractivity contribution in [3.8, 4) is 0 Å². The molecular formula is C10H17NO4S. The van der Waals surface area contributed by atoms with E-state index in [2.05, 4.69) is 5.32 Å². The van der Waals surface area contributed by atoms with Crippen molar-refractivity contribution >= 4 is 23.6 Å². The van der Waals surface area contributed by atoms with Gasteiger partial charge in [-0.3, -0.25) is 9.59 Å². The highest BCUT2D eigenvalue weighted by Crippen LogP contribution is 2.19. The number of carboxylic acids is 1. The zero-order chi connectivity index (χ0) is 12.0. The molecule has 5 nitrogen and oxygen atoms in total. The van der Waals surface area contributed by atoms with E-state index in [0.717, 1.165) is 24.6 Å². The van der Waals surface area contributed by atoms with Crippen LogP contribution in [0.3, 0.4) is 0 Å². The van der Waals surface area contributed by atoms with Gasteiger partial charge in [-0.15, -0.1) is 11.8 Å². The monoisotopic (exact) mass is 247 g/mol. The van der Waals surface area contributed by atoms with Crippen molar-refractivity contribution in [1.82, 2.24) is 5.32 Å². The molecule has 0 aromatic heterocycles. The van der Waals surface area contributed by atoms with Crippen molar-refractivity contribution in [2.75, 3.05) is 24.7 Å². The van der Waals surface area contributed by atoms with Crippen molar-refractivity contribution < 1.29 is 19.4 Å². The molecule has 0 saturated carbocycles. The first-order valence-electron chi connectivity index (χ1n) is 5.20. The van der Waals surface area contributed by atoms with Gasteiger partial charge in [-0.1, -0.05) is 0 Å². The molecule has 2 N–H and O–H groups in total. The Balaban J connectivity index is 2.24. The second kappa shape index (κ2) is 6.10. The molecule has 6 heteroatoms. The number of hydrogen-bond acceptors (Lipinski definition) is 4. The minimum absolute atomic E-state index is 0.0345. The van der Waals surface area contributed by atoms with Gasteiger partial charge in [0.15, 0.2) is 0 Å². The Morgan fingerprint density at radius 3 is 2.56 bits per heavy atom. The summed E-state index contributed by atoms with van der Waals surface area (Å²) in [6.07, 6.45) is 1.62. The predicted octanol–water partition coefficient (Wildman–Crippen LogP) is 0.489. The van der Waals surface area contributed by atoms with Crippen LogP contribution in [0.5, 0.6) is 0 Å². The van der Waals surface area contributed by atoms with E-state index in [0.29, 0.717) is 13.2 Å². The third kappa shape index (κ3) is 4.85. The quantitative estimate of drug-likeness (QED) is 0.739. The molecule has 0 radical (unpaired) electrons. The summed E-state index contributed by atoms with van der Waals surface area (Å²) in [5, 5.41) is 11.4. The molecule has 0 spiro atoms. The fourth-order valence-corrected chi connectivity index (χ4v) is 2.08. The molecule has 1 saturated heterocycles. The highest BCUT2D eigenvalue weighted by atomic mass is 32.2. The fraction of sp³-hybridized carbons (Fsp3) is 0.800. The van der Waals surface area contributed by atoms with E-state index in [1.54, 1.807) is 0 Å². The molecule has 0 unspecified atom stereocenters. The third-order valence-electron chi connectivity index (χ3n) is 2.50. The Morgan fingerprint density at radius 2 is 2.00 bits per heavy atom. The fourth-order valence-electron chi connectivity index (χ4n) is 1.55. The van der Waals surface area contributed by atoms with Crippen LogP contribution in [-0.4, -0.2) is 47.2 Å². The number of thioether (sulfide) groups is 1. The number of carboxylic acid groups (broad SMARTS) is 1. The van der Waals surface area contributed by atoms with Crippen LogP contribution >= 0.6 is 11.8 Å². The van der Waals surface area contributed by atoms with Gasteiger partial charge in [0.1, 0.15) is 0 Å². The first-order chi connectivity index (χ1) is 7.52. The van der Waals surface area contributed by atoms with Crippen LogP contribution in [0.15, 0.2) is 0 Å². The number of hydrogen-bond donors (Lipinski definition) is 2. The molecule has 0 atom stereocenters. The summed E-state index contributed by atoms with van der Waals surface area (Å²) in [6.45, 7) is 3.33. The van der Waals surface area contributed by atoms with Crippen LogP contribution in [0.25, 0.3) is 0 Å². The summed E-state index contributed by atoms with van der Waals surface area (Å²) < 4.78 is 5.22. The van der Waals surface area contributed by atoms with Crippen molar-refractivity contribution in [2.45, 2.75) is 25.3 Å². The number of amides is 1. The van der Waals surface area contributed by atoms with Gasteiger partial charge >= 0.3 is 5.97 Å². The van der Waals surface area contributed by atoms with Gasteiger partial charge < -0.3 is 15.2 Å². The molecule has 0 aliphatic carbocycles. The molecule has 0 aromatic carbocycles. The van der Waals surface area contributed by atoms with Gasteiger partial charge in [-0.05, 0) is 19.8 Å². The second-order valence-electron chi connectivity index (χ2n) is 4.11. The zero-order valence-electron chi connectivity index (χ0n) is 9.32. The molecule has 0 bridgehead atoms. The average Bonchev–Trinajstić information content (AvgIpc) is 2.17. The summed E-state index contributed by atoms with van der Waals surface area (Å²) in [7, 11) is 0. The summed E-state index contributed by atoms with van der Waals surface area (Å²) >= 11 is 1.11. The average molecular weight is 247 g/mol. The normalized spacial score (nSPS) is 19.1. The van der Waals surface area contributed by atoms with Crippen molar-refractivity contribution in [3.63, 3.8) is 0 Å². The van der Waals surface area contributed by atoms with E-state index in [9.17, 15) is 9.59 Å². The van der Waals surface area contributed by atoms with E-state index in [4.69, 9.17) is 9.84 Å². The topological polar surface area (TPSA) is 75.6 Å². The van der Waals surface area contributed by atoms with Crippen LogP contribution in [0, 0.1) is 0 Å². The van der Waals surface area contributed by atoms with Gasteiger partial charge in [0.2, 0.25) is 5.91 Å². The summed E-state index contributed by atoms with van der Waals surface area (Å²) in [5.74, 6) is -0.832. The number of carbonyl (C=O) groups excluding carboxylic acids is 1. The number of rotatable bonds is 5. The maximum atomic E-state index is 11.5. The number of aliphatic carboxylic acids is 1. The summed E-state index contributed by atoms with van der Waals surface area (Å²) in [4.78, 5) is 21.8.